The number of halogens is 3. The first-order valence-corrected chi connectivity index (χ1v) is 12.8. The molecule has 4 aromatic rings. The summed E-state index contributed by atoms with van der Waals surface area (Å²) in [6.45, 7) is 6.01. The van der Waals surface area contributed by atoms with E-state index in [0.29, 0.717) is 11.4 Å². The van der Waals surface area contributed by atoms with E-state index in [2.05, 4.69) is 32.3 Å². The van der Waals surface area contributed by atoms with Crippen molar-refractivity contribution in [2.75, 3.05) is 44.6 Å². The van der Waals surface area contributed by atoms with E-state index in [1.54, 1.807) is 24.5 Å². The van der Waals surface area contributed by atoms with Gasteiger partial charge in [0.2, 0.25) is 0 Å². The van der Waals surface area contributed by atoms with E-state index in [1.165, 1.54) is 12.1 Å². The molecule has 1 saturated heterocycles. The fraction of sp³-hybridized carbons (Fsp3) is 0.321. The molecule has 0 radical (unpaired) electrons. The first-order valence-electron chi connectivity index (χ1n) is 12.8. The highest BCUT2D eigenvalue weighted by Gasteiger charge is 2.34. The van der Waals surface area contributed by atoms with Crippen LogP contribution < -0.4 is 10.1 Å². The molecule has 0 spiro atoms. The fourth-order valence-electron chi connectivity index (χ4n) is 4.64. The fourth-order valence-corrected chi connectivity index (χ4v) is 4.64. The van der Waals surface area contributed by atoms with E-state index in [4.69, 9.17) is 4.74 Å². The lowest BCUT2D eigenvalue weighted by Gasteiger charge is -2.34. The van der Waals surface area contributed by atoms with Gasteiger partial charge in [-0.05, 0) is 48.0 Å². The lowest BCUT2D eigenvalue weighted by molar-refractivity contribution is -0.138. The number of ether oxygens (including phenoxy) is 1. The van der Waals surface area contributed by atoms with Crippen molar-refractivity contribution in [1.29, 1.82) is 0 Å². The Morgan fingerprint density at radius 2 is 1.74 bits per heavy atom. The van der Waals surface area contributed by atoms with Gasteiger partial charge in [0.05, 0.1) is 11.8 Å². The molecule has 0 bridgehead atoms. The van der Waals surface area contributed by atoms with Gasteiger partial charge in [0, 0.05) is 55.6 Å². The van der Waals surface area contributed by atoms with E-state index < -0.39 is 17.6 Å². The SMILES string of the molecule is CCN1CCN(Cc2ccc(NC(=O)COc3ccc(-c4cnc5[nH]ncc5c4)cc3)cc2C(F)(F)F)CC1. The largest absolute Gasteiger partial charge is 0.484 e. The second-order valence-corrected chi connectivity index (χ2v) is 9.47. The minimum atomic E-state index is -4.53. The van der Waals surface area contributed by atoms with Crippen LogP contribution in [0.3, 0.4) is 0 Å². The van der Waals surface area contributed by atoms with Crippen LogP contribution in [-0.4, -0.2) is 70.2 Å². The van der Waals surface area contributed by atoms with Crippen molar-refractivity contribution in [3.8, 4) is 16.9 Å². The Morgan fingerprint density at radius 1 is 1.00 bits per heavy atom. The molecule has 0 atom stereocenters. The van der Waals surface area contributed by atoms with Crippen LogP contribution >= 0.6 is 0 Å². The maximum atomic E-state index is 13.8. The van der Waals surface area contributed by atoms with E-state index in [9.17, 15) is 18.0 Å². The molecule has 204 valence electrons. The molecule has 39 heavy (non-hydrogen) atoms. The molecule has 1 fully saturated rings. The summed E-state index contributed by atoms with van der Waals surface area (Å²) in [5.41, 5.74) is 2.05. The molecule has 0 aliphatic carbocycles. The monoisotopic (exact) mass is 538 g/mol. The molecule has 2 aromatic heterocycles. The predicted octanol–water partition coefficient (Wildman–Crippen LogP) is 4.80. The summed E-state index contributed by atoms with van der Waals surface area (Å²) in [5.74, 6) is -0.0917. The van der Waals surface area contributed by atoms with Crippen LogP contribution in [-0.2, 0) is 17.5 Å². The molecule has 0 unspecified atom stereocenters. The van der Waals surface area contributed by atoms with Crippen molar-refractivity contribution in [1.82, 2.24) is 25.0 Å². The van der Waals surface area contributed by atoms with Gasteiger partial charge in [-0.2, -0.15) is 18.3 Å². The highest BCUT2D eigenvalue weighted by molar-refractivity contribution is 5.92. The van der Waals surface area contributed by atoms with E-state index in [1.807, 2.05) is 23.1 Å². The second-order valence-electron chi connectivity index (χ2n) is 9.47. The topological polar surface area (TPSA) is 86.4 Å². The zero-order valence-corrected chi connectivity index (χ0v) is 21.5. The second kappa shape index (κ2) is 11.4. The quantitative estimate of drug-likeness (QED) is 0.335. The van der Waals surface area contributed by atoms with E-state index in [-0.39, 0.29) is 24.4 Å². The average molecular weight is 539 g/mol. The van der Waals surface area contributed by atoms with Gasteiger partial charge in [-0.3, -0.25) is 14.8 Å². The minimum Gasteiger partial charge on any atom is -0.484 e. The highest BCUT2D eigenvalue weighted by atomic mass is 19.4. The number of hydrogen-bond donors (Lipinski definition) is 2. The normalized spacial score (nSPS) is 15.0. The number of pyridine rings is 1. The third-order valence-corrected chi connectivity index (χ3v) is 6.85. The summed E-state index contributed by atoms with van der Waals surface area (Å²) in [6.07, 6.45) is -1.10. The number of alkyl halides is 3. The highest BCUT2D eigenvalue weighted by Crippen LogP contribution is 2.34. The Hall–Kier alpha value is -3.96. The van der Waals surface area contributed by atoms with Gasteiger partial charge in [0.15, 0.2) is 12.3 Å². The van der Waals surface area contributed by atoms with Crippen molar-refractivity contribution in [3.63, 3.8) is 0 Å². The Morgan fingerprint density at radius 3 is 2.46 bits per heavy atom. The maximum absolute atomic E-state index is 13.8. The average Bonchev–Trinajstić information content (AvgIpc) is 3.41. The first-order chi connectivity index (χ1) is 18.8. The summed E-state index contributed by atoms with van der Waals surface area (Å²) in [4.78, 5) is 21.1. The van der Waals surface area contributed by atoms with Gasteiger partial charge >= 0.3 is 6.18 Å². The van der Waals surface area contributed by atoms with Crippen LogP contribution in [0.2, 0.25) is 0 Å². The summed E-state index contributed by atoms with van der Waals surface area (Å²) in [7, 11) is 0. The van der Waals surface area contributed by atoms with Crippen molar-refractivity contribution in [2.24, 2.45) is 0 Å². The molecule has 5 rings (SSSR count). The molecule has 2 N–H and O–H groups in total. The third-order valence-electron chi connectivity index (χ3n) is 6.85. The summed E-state index contributed by atoms with van der Waals surface area (Å²) in [5, 5.41) is 10.2. The van der Waals surface area contributed by atoms with Gasteiger partial charge in [-0.25, -0.2) is 4.98 Å². The van der Waals surface area contributed by atoms with Crippen molar-refractivity contribution in [2.45, 2.75) is 19.6 Å². The smallest absolute Gasteiger partial charge is 0.416 e. The summed E-state index contributed by atoms with van der Waals surface area (Å²) >= 11 is 0. The Labute approximate surface area is 223 Å². The number of H-pyrrole nitrogens is 1. The van der Waals surface area contributed by atoms with Gasteiger partial charge in [0.1, 0.15) is 5.75 Å². The molecule has 0 saturated carbocycles. The standard InChI is InChI=1S/C28H29F3N6O2/c1-2-36-9-11-37(12-10-36)17-20-3-6-23(14-25(20)28(29,30)31)34-26(38)18-39-24-7-4-19(5-8-24)21-13-22-16-33-35-27(22)32-15-21/h3-8,13-16H,2,9-12,17-18H2,1H3,(H,34,38)(H,32,33,35). The zero-order chi connectivity index (χ0) is 27.4. The zero-order valence-electron chi connectivity index (χ0n) is 21.5. The number of rotatable bonds is 8. The molecule has 8 nitrogen and oxygen atoms in total. The number of nitrogens with one attached hydrogen (secondary N) is 2. The molecule has 1 amide bonds. The molecule has 11 heteroatoms. The van der Waals surface area contributed by atoms with Gasteiger partial charge in [-0.1, -0.05) is 25.1 Å². The molecular weight excluding hydrogens is 509 g/mol. The molecule has 1 aliphatic heterocycles. The van der Waals surface area contributed by atoms with Crippen molar-refractivity contribution in [3.05, 3.63) is 72.1 Å². The predicted molar refractivity (Wildman–Crippen MR) is 142 cm³/mol. The molecular formula is C28H29F3N6O2. The van der Waals surface area contributed by atoms with Gasteiger partial charge < -0.3 is 15.0 Å². The van der Waals surface area contributed by atoms with Crippen LogP contribution in [0.25, 0.3) is 22.2 Å². The summed E-state index contributed by atoms with van der Waals surface area (Å²) in [6, 6.07) is 13.0. The van der Waals surface area contributed by atoms with Crippen LogP contribution in [0.5, 0.6) is 5.75 Å². The Bertz CT molecular complexity index is 1430. The van der Waals surface area contributed by atoms with Crippen LogP contribution in [0.4, 0.5) is 18.9 Å². The summed E-state index contributed by atoms with van der Waals surface area (Å²) < 4.78 is 47.1. The lowest BCUT2D eigenvalue weighted by Crippen LogP contribution is -2.45. The van der Waals surface area contributed by atoms with Crippen LogP contribution in [0, 0.1) is 0 Å². The number of benzene rings is 2. The number of piperazine rings is 1. The number of amides is 1. The number of nitrogens with zero attached hydrogens (tertiary/aromatic N) is 4. The number of aromatic amines is 1. The number of hydrogen-bond acceptors (Lipinski definition) is 6. The van der Waals surface area contributed by atoms with Crippen LogP contribution in [0.1, 0.15) is 18.1 Å². The number of aromatic nitrogens is 3. The van der Waals surface area contributed by atoms with E-state index >= 15 is 0 Å². The van der Waals surface area contributed by atoms with Gasteiger partial charge in [0.25, 0.3) is 5.91 Å². The van der Waals surface area contributed by atoms with Crippen LogP contribution in [0.15, 0.2) is 60.9 Å². The number of fused-ring (bicyclic) bond motifs is 1. The molecule has 1 aliphatic rings. The number of likely N-dealkylation sites (N-methyl/N-ethyl adjacent to an activating group) is 1. The maximum Gasteiger partial charge on any atom is 0.416 e. The van der Waals surface area contributed by atoms with Gasteiger partial charge in [-0.15, -0.1) is 0 Å². The third kappa shape index (κ3) is 6.55. The Balaban J connectivity index is 1.18. The van der Waals surface area contributed by atoms with Crippen molar-refractivity contribution >= 4 is 22.6 Å². The first kappa shape index (κ1) is 26.6. The molecule has 2 aromatic carbocycles. The number of carbonyl (C=O) groups excluding carboxylic acids is 1. The van der Waals surface area contributed by atoms with Crippen molar-refractivity contribution < 1.29 is 22.7 Å². The Kier molecular flexibility index (Phi) is 7.80. The lowest BCUT2D eigenvalue weighted by atomic mass is 10.0. The minimum absolute atomic E-state index is 0.0768. The molecule has 3 heterocycles. The number of anilines is 1. The number of carbonyl (C=O) groups is 1. The van der Waals surface area contributed by atoms with E-state index in [0.717, 1.165) is 55.3 Å².